The summed E-state index contributed by atoms with van der Waals surface area (Å²) in [6, 6.07) is 3.82. The van der Waals surface area contributed by atoms with Crippen LogP contribution in [0.25, 0.3) is 0 Å². The molecule has 1 heterocycles. The Morgan fingerprint density at radius 2 is 1.85 bits per heavy atom. The second-order valence-corrected chi connectivity index (χ2v) is 6.75. The van der Waals surface area contributed by atoms with Crippen molar-refractivity contribution in [2.24, 2.45) is 5.92 Å². The van der Waals surface area contributed by atoms with Crippen molar-refractivity contribution >= 4 is 23.2 Å². The van der Waals surface area contributed by atoms with Crippen LogP contribution in [0.3, 0.4) is 0 Å². The summed E-state index contributed by atoms with van der Waals surface area (Å²) in [5.41, 5.74) is 1.09. The van der Waals surface area contributed by atoms with Gasteiger partial charge < -0.3 is 4.74 Å². The second-order valence-electron chi connectivity index (χ2n) is 5.93. The first-order valence-electron chi connectivity index (χ1n) is 7.32. The molecule has 2 nitrogen and oxygen atoms in total. The Bertz CT molecular complexity index is 480. The third kappa shape index (κ3) is 3.24. The van der Waals surface area contributed by atoms with Crippen LogP contribution in [0.2, 0.25) is 10.0 Å². The summed E-state index contributed by atoms with van der Waals surface area (Å²) >= 11 is 12.7. The van der Waals surface area contributed by atoms with E-state index in [4.69, 9.17) is 27.9 Å². The smallest absolute Gasteiger partial charge is 0.139 e. The molecule has 0 atom stereocenters. The third-order valence-electron chi connectivity index (χ3n) is 4.18. The Hall–Kier alpha value is -0.440. The van der Waals surface area contributed by atoms with Crippen molar-refractivity contribution < 1.29 is 4.74 Å². The number of hydrogen-bond acceptors (Lipinski definition) is 2. The molecule has 4 heteroatoms. The molecule has 0 aromatic heterocycles. The van der Waals surface area contributed by atoms with Crippen LogP contribution >= 0.6 is 23.2 Å². The largest absolute Gasteiger partial charge is 0.489 e. The molecule has 20 heavy (non-hydrogen) atoms. The van der Waals surface area contributed by atoms with Gasteiger partial charge in [0.15, 0.2) is 0 Å². The van der Waals surface area contributed by atoms with Crippen LogP contribution in [0.5, 0.6) is 5.75 Å². The minimum Gasteiger partial charge on any atom is -0.489 e. The number of likely N-dealkylation sites (tertiary alicyclic amines) is 1. The molecular formula is C16H20Cl2NO. The Morgan fingerprint density at radius 3 is 2.50 bits per heavy atom. The Kier molecular flexibility index (Phi) is 4.44. The van der Waals surface area contributed by atoms with Crippen LogP contribution in [-0.4, -0.2) is 24.1 Å². The molecule has 1 aromatic carbocycles. The normalized spacial score (nSPS) is 26.6. The number of halogens is 2. The minimum absolute atomic E-state index is 0.246. The van der Waals surface area contributed by atoms with Crippen molar-refractivity contribution in [1.29, 1.82) is 0 Å². The quantitative estimate of drug-likeness (QED) is 0.806. The molecule has 0 N–H and O–H groups in total. The third-order valence-corrected chi connectivity index (χ3v) is 4.83. The molecule has 2 aliphatic rings. The zero-order valence-electron chi connectivity index (χ0n) is 11.6. The lowest BCUT2D eigenvalue weighted by Gasteiger charge is -2.33. The van der Waals surface area contributed by atoms with Crippen LogP contribution in [0, 0.1) is 12.8 Å². The summed E-state index contributed by atoms with van der Waals surface area (Å²) < 4.78 is 5.89. The highest BCUT2D eigenvalue weighted by atomic mass is 35.5. The summed E-state index contributed by atoms with van der Waals surface area (Å²) in [5, 5.41) is 1.41. The molecule has 1 saturated carbocycles. The minimum atomic E-state index is 0.246. The van der Waals surface area contributed by atoms with E-state index in [-0.39, 0.29) is 6.10 Å². The lowest BCUT2D eigenvalue weighted by Crippen LogP contribution is -2.32. The van der Waals surface area contributed by atoms with Crippen molar-refractivity contribution in [1.82, 2.24) is 4.90 Å². The molecule has 0 bridgehead atoms. The van der Waals surface area contributed by atoms with Gasteiger partial charge in [-0.25, -0.2) is 0 Å². The first kappa shape index (κ1) is 14.5. The van der Waals surface area contributed by atoms with E-state index >= 15 is 0 Å². The van der Waals surface area contributed by atoms with E-state index in [1.54, 1.807) is 0 Å². The van der Waals surface area contributed by atoms with Gasteiger partial charge in [-0.1, -0.05) is 23.2 Å². The predicted octanol–water partition coefficient (Wildman–Crippen LogP) is 4.58. The lowest BCUT2D eigenvalue weighted by molar-refractivity contribution is 0.0852. The van der Waals surface area contributed by atoms with Gasteiger partial charge in [-0.3, -0.25) is 4.90 Å². The molecule has 0 unspecified atom stereocenters. The van der Waals surface area contributed by atoms with E-state index < -0.39 is 0 Å². The molecule has 2 fully saturated rings. The first-order valence-corrected chi connectivity index (χ1v) is 8.07. The molecule has 1 aliphatic carbocycles. The predicted molar refractivity (Wildman–Crippen MR) is 83.5 cm³/mol. The van der Waals surface area contributed by atoms with E-state index in [1.165, 1.54) is 12.8 Å². The molecule has 3 rings (SSSR count). The molecule has 1 aliphatic heterocycles. The first-order chi connectivity index (χ1) is 9.61. The molecular weight excluding hydrogens is 293 g/mol. The van der Waals surface area contributed by atoms with Crippen LogP contribution in [-0.2, 0) is 6.54 Å². The van der Waals surface area contributed by atoms with E-state index in [1.807, 2.05) is 12.1 Å². The fraction of sp³-hybridized carbons (Fsp3) is 0.562. The van der Waals surface area contributed by atoms with E-state index in [0.717, 1.165) is 43.1 Å². The topological polar surface area (TPSA) is 12.5 Å². The summed E-state index contributed by atoms with van der Waals surface area (Å²) in [6.45, 7) is 7.18. The van der Waals surface area contributed by atoms with Crippen LogP contribution in [0.4, 0.5) is 0 Å². The van der Waals surface area contributed by atoms with Crippen molar-refractivity contribution in [3.8, 4) is 5.75 Å². The van der Waals surface area contributed by atoms with Gasteiger partial charge >= 0.3 is 0 Å². The van der Waals surface area contributed by atoms with Crippen LogP contribution < -0.4 is 4.74 Å². The van der Waals surface area contributed by atoms with Gasteiger partial charge in [-0.05, 0) is 63.2 Å². The van der Waals surface area contributed by atoms with Crippen molar-refractivity contribution in [2.45, 2.75) is 38.3 Å². The van der Waals surface area contributed by atoms with Gasteiger partial charge in [0.1, 0.15) is 5.75 Å². The highest BCUT2D eigenvalue weighted by Crippen LogP contribution is 2.37. The number of hydrogen-bond donors (Lipinski definition) is 0. The van der Waals surface area contributed by atoms with Gasteiger partial charge in [0, 0.05) is 17.6 Å². The van der Waals surface area contributed by atoms with Crippen LogP contribution in [0.1, 0.15) is 31.2 Å². The Morgan fingerprint density at radius 1 is 1.15 bits per heavy atom. The lowest BCUT2D eigenvalue weighted by atomic mass is 9.84. The molecule has 0 amide bonds. The van der Waals surface area contributed by atoms with Gasteiger partial charge in [-0.2, -0.15) is 0 Å². The maximum absolute atomic E-state index is 6.38. The van der Waals surface area contributed by atoms with Crippen molar-refractivity contribution in [3.05, 3.63) is 34.7 Å². The fourth-order valence-electron chi connectivity index (χ4n) is 2.91. The summed E-state index contributed by atoms with van der Waals surface area (Å²) in [6.07, 6.45) is 4.81. The van der Waals surface area contributed by atoms with Crippen LogP contribution in [0.15, 0.2) is 12.1 Å². The maximum atomic E-state index is 6.38. The zero-order chi connectivity index (χ0) is 14.1. The number of rotatable bonds is 4. The Labute approximate surface area is 131 Å². The zero-order valence-corrected chi connectivity index (χ0v) is 13.1. The standard InChI is InChI=1S/C16H20Cl2NO/c1-11-6-13(7-11)20-16-9-14(17)12(8-15(16)18)10-19-4-2-3-5-19/h8-9,11,13H,1-7,10H2. The fourth-order valence-corrected chi connectivity index (χ4v) is 3.36. The van der Waals surface area contributed by atoms with Crippen molar-refractivity contribution in [3.63, 3.8) is 0 Å². The van der Waals surface area contributed by atoms with Crippen molar-refractivity contribution in [2.75, 3.05) is 13.1 Å². The van der Waals surface area contributed by atoms with Gasteiger partial charge in [0.2, 0.25) is 0 Å². The molecule has 1 aromatic rings. The second kappa shape index (κ2) is 6.13. The SMILES string of the molecule is [CH2]C1CC(Oc2cc(Cl)c(CN3CCCC3)cc2Cl)C1. The highest BCUT2D eigenvalue weighted by molar-refractivity contribution is 6.34. The monoisotopic (exact) mass is 312 g/mol. The van der Waals surface area contributed by atoms with Gasteiger partial charge in [0.05, 0.1) is 11.1 Å². The molecule has 1 radical (unpaired) electrons. The average Bonchev–Trinajstić information content (AvgIpc) is 2.86. The summed E-state index contributed by atoms with van der Waals surface area (Å²) in [5.74, 6) is 1.22. The van der Waals surface area contributed by atoms with E-state index in [2.05, 4.69) is 11.8 Å². The highest BCUT2D eigenvalue weighted by Gasteiger charge is 2.28. The average molecular weight is 313 g/mol. The molecule has 1 saturated heterocycles. The summed E-state index contributed by atoms with van der Waals surface area (Å²) in [4.78, 5) is 2.41. The van der Waals surface area contributed by atoms with Gasteiger partial charge in [-0.15, -0.1) is 0 Å². The number of benzene rings is 1. The van der Waals surface area contributed by atoms with E-state index in [0.29, 0.717) is 16.7 Å². The number of nitrogens with zero attached hydrogens (tertiary/aromatic N) is 1. The van der Waals surface area contributed by atoms with Gasteiger partial charge in [0.25, 0.3) is 0 Å². The number of ether oxygens (including phenoxy) is 1. The summed E-state index contributed by atoms with van der Waals surface area (Å²) in [7, 11) is 0. The maximum Gasteiger partial charge on any atom is 0.139 e. The molecule has 109 valence electrons. The Balaban J connectivity index is 1.68. The molecule has 0 spiro atoms. The van der Waals surface area contributed by atoms with E-state index in [9.17, 15) is 0 Å².